The number of nitrogens with one attached hydrogen (secondary N) is 1. The largest absolute Gasteiger partial charge is 0.393 e. The molecule has 0 bridgehead atoms. The van der Waals surface area contributed by atoms with Crippen molar-refractivity contribution < 1.29 is 0 Å². The molecule has 0 rings (SSSR count). The lowest BCUT2D eigenvalue weighted by Gasteiger charge is -1.88. The maximum atomic E-state index is 8.30. The van der Waals surface area contributed by atoms with Gasteiger partial charge in [0.2, 0.25) is 0 Å². The summed E-state index contributed by atoms with van der Waals surface area (Å²) in [4.78, 5) is 0. The molecule has 1 N–H and O–H groups in total. The van der Waals surface area contributed by atoms with E-state index in [-0.39, 0.29) is 0 Å². The van der Waals surface area contributed by atoms with E-state index in [4.69, 9.17) is 5.26 Å². The molecule has 0 aromatic heterocycles. The van der Waals surface area contributed by atoms with Gasteiger partial charge in [0.1, 0.15) is 0 Å². The molecule has 0 aliphatic carbocycles. The van der Waals surface area contributed by atoms with E-state index in [1.807, 2.05) is 6.92 Å². The van der Waals surface area contributed by atoms with Gasteiger partial charge in [-0.2, -0.15) is 5.26 Å². The van der Waals surface area contributed by atoms with Gasteiger partial charge in [-0.1, -0.05) is 6.92 Å². The minimum atomic E-state index is 0.785. The maximum absolute atomic E-state index is 8.30. The molecule has 0 heterocycles. The normalized spacial score (nSPS) is 10.4. The van der Waals surface area contributed by atoms with Crippen molar-refractivity contribution in [2.75, 3.05) is 7.05 Å². The van der Waals surface area contributed by atoms with Crippen LogP contribution in [0.5, 0.6) is 0 Å². The molecule has 2 heteroatoms. The highest BCUT2D eigenvalue weighted by molar-refractivity contribution is 5.18. The molecule has 0 aromatic carbocycles. The zero-order valence-electron chi connectivity index (χ0n) is 5.23. The lowest BCUT2D eigenvalue weighted by atomic mass is 10.2. The van der Waals surface area contributed by atoms with Crippen molar-refractivity contribution in [3.05, 3.63) is 11.8 Å². The van der Waals surface area contributed by atoms with Crippen molar-refractivity contribution in [2.24, 2.45) is 0 Å². The van der Waals surface area contributed by atoms with E-state index in [2.05, 4.69) is 11.4 Å². The topological polar surface area (TPSA) is 35.8 Å². The average Bonchev–Trinajstić information content (AvgIpc) is 1.83. The van der Waals surface area contributed by atoms with Crippen LogP contribution in [0.25, 0.3) is 0 Å². The smallest absolute Gasteiger partial charge is 0.0962 e. The Morgan fingerprint density at radius 3 is 2.62 bits per heavy atom. The van der Waals surface area contributed by atoms with Crippen LogP contribution < -0.4 is 5.32 Å². The molecule has 0 aliphatic rings. The van der Waals surface area contributed by atoms with Gasteiger partial charge in [-0.15, -0.1) is 0 Å². The van der Waals surface area contributed by atoms with Crippen LogP contribution in [-0.4, -0.2) is 7.05 Å². The fourth-order valence-corrected chi connectivity index (χ4v) is 0.388. The zero-order chi connectivity index (χ0) is 6.41. The molecule has 0 saturated heterocycles. The summed E-state index contributed by atoms with van der Waals surface area (Å²) in [6.45, 7) is 1.95. The minimum Gasteiger partial charge on any atom is -0.393 e. The van der Waals surface area contributed by atoms with E-state index in [0.717, 1.165) is 12.0 Å². The quantitative estimate of drug-likeness (QED) is 0.539. The number of rotatable bonds is 2. The summed E-state index contributed by atoms with van der Waals surface area (Å²) in [7, 11) is 1.78. The Balaban J connectivity index is 3.72. The van der Waals surface area contributed by atoms with Gasteiger partial charge in [0.25, 0.3) is 0 Å². The van der Waals surface area contributed by atoms with Crippen LogP contribution in [0.3, 0.4) is 0 Å². The van der Waals surface area contributed by atoms with Crippen LogP contribution in [0, 0.1) is 11.3 Å². The Bertz CT molecular complexity index is 119. The van der Waals surface area contributed by atoms with E-state index < -0.39 is 0 Å². The number of allylic oxidation sites excluding steroid dienone is 1. The van der Waals surface area contributed by atoms with Gasteiger partial charge in [-0.05, 0) is 6.42 Å². The molecule has 0 aliphatic heterocycles. The van der Waals surface area contributed by atoms with Gasteiger partial charge < -0.3 is 5.32 Å². The van der Waals surface area contributed by atoms with Crippen molar-refractivity contribution >= 4 is 0 Å². The molecule has 8 heavy (non-hydrogen) atoms. The first-order valence-corrected chi connectivity index (χ1v) is 2.61. The molecule has 0 radical (unpaired) electrons. The van der Waals surface area contributed by atoms with Crippen molar-refractivity contribution in [1.82, 2.24) is 5.32 Å². The highest BCUT2D eigenvalue weighted by Gasteiger charge is 1.84. The summed E-state index contributed by atoms with van der Waals surface area (Å²) < 4.78 is 0. The van der Waals surface area contributed by atoms with Gasteiger partial charge in [0, 0.05) is 18.8 Å². The lowest BCUT2D eigenvalue weighted by Crippen LogP contribution is -1.94. The SMILES string of the molecule is CC/C(C#N)=C/NC. The van der Waals surface area contributed by atoms with Crippen LogP contribution in [-0.2, 0) is 0 Å². The van der Waals surface area contributed by atoms with Crippen molar-refractivity contribution in [1.29, 1.82) is 5.26 Å². The molecule has 44 valence electrons. The predicted octanol–water partition coefficient (Wildman–Crippen LogP) is 1.02. The monoisotopic (exact) mass is 110 g/mol. The second kappa shape index (κ2) is 4.20. The molecule has 0 aromatic rings. The molecule has 0 amide bonds. The Morgan fingerprint density at radius 1 is 1.88 bits per heavy atom. The van der Waals surface area contributed by atoms with Gasteiger partial charge >= 0.3 is 0 Å². The summed E-state index contributed by atoms with van der Waals surface area (Å²) in [5, 5.41) is 11.1. The molecular formula is C6H10N2. The molecule has 0 unspecified atom stereocenters. The Hall–Kier alpha value is -0.970. The summed E-state index contributed by atoms with van der Waals surface area (Å²) in [6.07, 6.45) is 2.51. The van der Waals surface area contributed by atoms with Crippen LogP contribution in [0.4, 0.5) is 0 Å². The van der Waals surface area contributed by atoms with Crippen LogP contribution >= 0.6 is 0 Å². The predicted molar refractivity (Wildman–Crippen MR) is 33.0 cm³/mol. The molecule has 0 spiro atoms. The third-order valence-corrected chi connectivity index (χ3v) is 0.843. The summed E-state index contributed by atoms with van der Waals surface area (Å²) in [5.41, 5.74) is 0.785. The summed E-state index contributed by atoms with van der Waals surface area (Å²) >= 11 is 0. The van der Waals surface area contributed by atoms with Crippen molar-refractivity contribution in [3.63, 3.8) is 0 Å². The number of hydrogen-bond donors (Lipinski definition) is 1. The Morgan fingerprint density at radius 2 is 2.50 bits per heavy atom. The zero-order valence-corrected chi connectivity index (χ0v) is 5.23. The Labute approximate surface area is 49.8 Å². The van der Waals surface area contributed by atoms with Gasteiger partial charge in [-0.25, -0.2) is 0 Å². The van der Waals surface area contributed by atoms with Crippen LogP contribution in [0.15, 0.2) is 11.8 Å². The number of hydrogen-bond acceptors (Lipinski definition) is 2. The number of nitriles is 1. The summed E-state index contributed by atoms with van der Waals surface area (Å²) in [5.74, 6) is 0. The molecule has 0 saturated carbocycles. The van der Waals surface area contributed by atoms with Gasteiger partial charge in [0.15, 0.2) is 0 Å². The molecule has 0 fully saturated rings. The first-order valence-electron chi connectivity index (χ1n) is 2.61. The Kier molecular flexibility index (Phi) is 3.69. The standard InChI is InChI=1S/C6H10N2/c1-3-6(4-7)5-8-2/h5,8H,3H2,1-2H3/b6-5-. The van der Waals surface area contributed by atoms with Crippen molar-refractivity contribution in [3.8, 4) is 6.07 Å². The highest BCUT2D eigenvalue weighted by atomic mass is 14.8. The molecular weight excluding hydrogens is 100 g/mol. The second-order valence-corrected chi connectivity index (χ2v) is 1.42. The summed E-state index contributed by atoms with van der Waals surface area (Å²) in [6, 6.07) is 2.05. The average molecular weight is 110 g/mol. The maximum Gasteiger partial charge on any atom is 0.0962 e. The van der Waals surface area contributed by atoms with E-state index >= 15 is 0 Å². The minimum absolute atomic E-state index is 0.785. The van der Waals surface area contributed by atoms with Gasteiger partial charge in [0.05, 0.1) is 6.07 Å². The molecule has 0 atom stereocenters. The van der Waals surface area contributed by atoms with E-state index in [1.165, 1.54) is 0 Å². The van der Waals surface area contributed by atoms with Gasteiger partial charge in [-0.3, -0.25) is 0 Å². The van der Waals surface area contributed by atoms with E-state index in [1.54, 1.807) is 13.2 Å². The van der Waals surface area contributed by atoms with Crippen LogP contribution in [0.2, 0.25) is 0 Å². The highest BCUT2D eigenvalue weighted by Crippen LogP contribution is 1.93. The first-order chi connectivity index (χ1) is 3.85. The van der Waals surface area contributed by atoms with E-state index in [0.29, 0.717) is 0 Å². The van der Waals surface area contributed by atoms with Crippen LogP contribution in [0.1, 0.15) is 13.3 Å². The number of nitrogens with zero attached hydrogens (tertiary/aromatic N) is 1. The third-order valence-electron chi connectivity index (χ3n) is 0.843. The second-order valence-electron chi connectivity index (χ2n) is 1.42. The lowest BCUT2D eigenvalue weighted by molar-refractivity contribution is 1.04. The van der Waals surface area contributed by atoms with E-state index in [9.17, 15) is 0 Å². The molecule has 2 nitrogen and oxygen atoms in total. The fourth-order valence-electron chi connectivity index (χ4n) is 0.388. The first kappa shape index (κ1) is 7.03. The fraction of sp³-hybridized carbons (Fsp3) is 0.500. The van der Waals surface area contributed by atoms with Crippen molar-refractivity contribution in [2.45, 2.75) is 13.3 Å². The third kappa shape index (κ3) is 2.25.